The predicted molar refractivity (Wildman–Crippen MR) is 80.7 cm³/mol. The van der Waals surface area contributed by atoms with E-state index in [-0.39, 0.29) is 22.9 Å². The van der Waals surface area contributed by atoms with Gasteiger partial charge in [-0.05, 0) is 19.1 Å². The maximum absolute atomic E-state index is 12.3. The smallest absolute Gasteiger partial charge is 0.291 e. The molecule has 0 spiro atoms. The van der Waals surface area contributed by atoms with E-state index in [2.05, 4.69) is 20.3 Å². The molecule has 3 rings (SSSR count). The van der Waals surface area contributed by atoms with E-state index >= 15 is 0 Å². The van der Waals surface area contributed by atoms with Crippen molar-refractivity contribution >= 4 is 34.2 Å². The summed E-state index contributed by atoms with van der Waals surface area (Å²) in [6.07, 6.45) is 0. The summed E-state index contributed by atoms with van der Waals surface area (Å²) in [5.41, 5.74) is 1.07. The SMILES string of the molecule is Cc1[nH]n(C2=NC(=O)CS2)c(=O)c1N=Nc1ccccc1. The van der Waals surface area contributed by atoms with E-state index in [0.717, 1.165) is 0 Å². The molecule has 1 aromatic heterocycles. The van der Waals surface area contributed by atoms with Gasteiger partial charge in [0.2, 0.25) is 0 Å². The average Bonchev–Trinajstić information content (AvgIpc) is 3.02. The van der Waals surface area contributed by atoms with E-state index in [0.29, 0.717) is 16.5 Å². The Bertz CT molecular complexity index is 804. The molecule has 21 heavy (non-hydrogen) atoms. The van der Waals surface area contributed by atoms with E-state index in [4.69, 9.17) is 0 Å². The van der Waals surface area contributed by atoms with E-state index in [1.165, 1.54) is 16.4 Å². The Balaban J connectivity index is 1.96. The molecule has 0 saturated heterocycles. The zero-order valence-electron chi connectivity index (χ0n) is 11.1. The summed E-state index contributed by atoms with van der Waals surface area (Å²) in [6, 6.07) is 9.14. The summed E-state index contributed by atoms with van der Waals surface area (Å²) in [6.45, 7) is 1.72. The first-order valence-electron chi connectivity index (χ1n) is 6.18. The van der Waals surface area contributed by atoms with E-state index in [9.17, 15) is 9.59 Å². The highest BCUT2D eigenvalue weighted by Gasteiger charge is 2.21. The molecule has 8 heteroatoms. The number of hydrogen-bond acceptors (Lipinski definition) is 5. The first kappa shape index (κ1) is 13.5. The maximum Gasteiger partial charge on any atom is 0.301 e. The molecule has 0 atom stereocenters. The van der Waals surface area contributed by atoms with Crippen LogP contribution in [0.1, 0.15) is 5.69 Å². The van der Waals surface area contributed by atoms with Crippen molar-refractivity contribution in [2.75, 3.05) is 5.75 Å². The number of aryl methyl sites for hydroxylation is 1. The molecule has 0 aliphatic carbocycles. The summed E-state index contributed by atoms with van der Waals surface area (Å²) in [5.74, 6) is 0.00220. The molecule has 0 bridgehead atoms. The van der Waals surface area contributed by atoms with Crippen molar-refractivity contribution in [1.82, 2.24) is 9.78 Å². The van der Waals surface area contributed by atoms with Crippen LogP contribution in [0.2, 0.25) is 0 Å². The lowest BCUT2D eigenvalue weighted by molar-refractivity contribution is -0.115. The normalized spacial score (nSPS) is 14.9. The molecule has 1 amide bonds. The van der Waals surface area contributed by atoms with Gasteiger partial charge in [0.15, 0.2) is 10.9 Å². The highest BCUT2D eigenvalue weighted by Crippen LogP contribution is 2.19. The molecule has 2 heterocycles. The van der Waals surface area contributed by atoms with Crippen molar-refractivity contribution in [3.05, 3.63) is 46.4 Å². The van der Waals surface area contributed by atoms with Gasteiger partial charge in [0.1, 0.15) is 0 Å². The lowest BCUT2D eigenvalue weighted by Gasteiger charge is -1.96. The van der Waals surface area contributed by atoms with Crippen molar-refractivity contribution in [3.63, 3.8) is 0 Å². The number of thioether (sulfide) groups is 1. The number of azo groups is 1. The van der Waals surface area contributed by atoms with Gasteiger partial charge in [0, 0.05) is 0 Å². The van der Waals surface area contributed by atoms with Crippen molar-refractivity contribution in [2.45, 2.75) is 6.92 Å². The number of benzene rings is 1. The number of nitrogens with one attached hydrogen (secondary N) is 1. The molecule has 106 valence electrons. The van der Waals surface area contributed by atoms with Gasteiger partial charge in [0.05, 0.1) is 17.1 Å². The first-order chi connectivity index (χ1) is 10.1. The first-order valence-corrected chi connectivity index (χ1v) is 7.17. The Morgan fingerprint density at radius 3 is 2.67 bits per heavy atom. The number of H-pyrrole nitrogens is 1. The number of nitrogens with zero attached hydrogens (tertiary/aromatic N) is 4. The van der Waals surface area contributed by atoms with Crippen LogP contribution in [0, 0.1) is 6.92 Å². The molecular weight excluding hydrogens is 290 g/mol. The summed E-state index contributed by atoms with van der Waals surface area (Å²) in [5, 5.41) is 11.2. The molecule has 0 fully saturated rings. The van der Waals surface area contributed by atoms with Crippen molar-refractivity contribution in [2.24, 2.45) is 15.2 Å². The zero-order valence-corrected chi connectivity index (χ0v) is 11.9. The lowest BCUT2D eigenvalue weighted by atomic mass is 10.3. The molecule has 0 unspecified atom stereocenters. The Kier molecular flexibility index (Phi) is 3.53. The fraction of sp³-hybridized carbons (Fsp3) is 0.154. The number of carbonyl (C=O) groups excluding carboxylic acids is 1. The quantitative estimate of drug-likeness (QED) is 0.863. The fourth-order valence-electron chi connectivity index (χ4n) is 1.80. The number of hydrogen-bond donors (Lipinski definition) is 1. The summed E-state index contributed by atoms with van der Waals surface area (Å²) in [7, 11) is 0. The van der Waals surface area contributed by atoms with Crippen LogP contribution in [-0.4, -0.2) is 26.6 Å². The van der Waals surface area contributed by atoms with Crippen LogP contribution >= 0.6 is 11.8 Å². The Hall–Kier alpha value is -2.48. The number of aromatic nitrogens is 2. The highest BCUT2D eigenvalue weighted by molar-refractivity contribution is 8.14. The maximum atomic E-state index is 12.3. The van der Waals surface area contributed by atoms with Gasteiger partial charge >= 0.3 is 5.56 Å². The Morgan fingerprint density at radius 1 is 1.24 bits per heavy atom. The molecule has 1 aromatic carbocycles. The second-order valence-electron chi connectivity index (χ2n) is 4.34. The van der Waals surface area contributed by atoms with Crippen LogP contribution < -0.4 is 5.56 Å². The lowest BCUT2D eigenvalue weighted by Crippen LogP contribution is -2.21. The van der Waals surface area contributed by atoms with Crippen LogP contribution in [0.4, 0.5) is 11.4 Å². The predicted octanol–water partition coefficient (Wildman–Crippen LogP) is 2.38. The van der Waals surface area contributed by atoms with E-state index in [1.54, 1.807) is 19.1 Å². The minimum Gasteiger partial charge on any atom is -0.291 e. The minimum atomic E-state index is -0.367. The van der Waals surface area contributed by atoms with Crippen molar-refractivity contribution in [3.8, 4) is 0 Å². The molecule has 0 radical (unpaired) electrons. The topological polar surface area (TPSA) is 91.9 Å². The van der Waals surface area contributed by atoms with Crippen LogP contribution in [0.15, 0.2) is 50.3 Å². The molecule has 2 aromatic rings. The number of amides is 1. The van der Waals surface area contributed by atoms with Crippen molar-refractivity contribution < 1.29 is 4.79 Å². The number of carbonyl (C=O) groups is 1. The zero-order chi connectivity index (χ0) is 14.8. The summed E-state index contributed by atoms with van der Waals surface area (Å²) in [4.78, 5) is 27.2. The second-order valence-corrected chi connectivity index (χ2v) is 5.28. The number of aromatic amines is 1. The van der Waals surface area contributed by atoms with Gasteiger partial charge < -0.3 is 0 Å². The van der Waals surface area contributed by atoms with Crippen molar-refractivity contribution in [1.29, 1.82) is 0 Å². The third-order valence-corrected chi connectivity index (χ3v) is 3.72. The summed E-state index contributed by atoms with van der Waals surface area (Å²) < 4.78 is 1.23. The van der Waals surface area contributed by atoms with Crippen LogP contribution in [0.5, 0.6) is 0 Å². The second kappa shape index (κ2) is 5.49. The number of rotatable bonds is 2. The van der Waals surface area contributed by atoms with Crippen LogP contribution in [-0.2, 0) is 4.79 Å². The molecule has 1 aliphatic heterocycles. The highest BCUT2D eigenvalue weighted by atomic mass is 32.2. The van der Waals surface area contributed by atoms with Gasteiger partial charge in [0.25, 0.3) is 5.91 Å². The Morgan fingerprint density at radius 2 is 2.00 bits per heavy atom. The van der Waals surface area contributed by atoms with Gasteiger partial charge in [-0.15, -0.1) is 5.11 Å². The number of aliphatic imine (C=N–C) groups is 1. The van der Waals surface area contributed by atoms with Gasteiger partial charge in [-0.2, -0.15) is 14.8 Å². The molecule has 0 saturated carbocycles. The van der Waals surface area contributed by atoms with Gasteiger partial charge in [-0.1, -0.05) is 30.0 Å². The molecule has 7 nitrogen and oxygen atoms in total. The average molecular weight is 301 g/mol. The van der Waals surface area contributed by atoms with Gasteiger partial charge in [-0.3, -0.25) is 14.7 Å². The molecule has 1 N–H and O–H groups in total. The molecular formula is C13H11N5O2S. The van der Waals surface area contributed by atoms with Crippen LogP contribution in [0.25, 0.3) is 0 Å². The standard InChI is InChI=1S/C13H11N5O2S/c1-8-11(16-15-9-5-3-2-4-6-9)12(20)18(17-8)13-14-10(19)7-21-13/h2-6,17H,7H2,1H3. The van der Waals surface area contributed by atoms with Gasteiger partial charge in [-0.25, -0.2) is 0 Å². The minimum absolute atomic E-state index is 0.210. The summed E-state index contributed by atoms with van der Waals surface area (Å²) >= 11 is 1.21. The van der Waals surface area contributed by atoms with E-state index < -0.39 is 0 Å². The third-order valence-electron chi connectivity index (χ3n) is 2.80. The monoisotopic (exact) mass is 301 g/mol. The van der Waals surface area contributed by atoms with Crippen LogP contribution in [0.3, 0.4) is 0 Å². The molecule has 1 aliphatic rings. The van der Waals surface area contributed by atoms with E-state index in [1.807, 2.05) is 18.2 Å². The Labute approximate surface area is 123 Å². The third kappa shape index (κ3) is 2.70. The largest absolute Gasteiger partial charge is 0.301 e. The fourth-order valence-corrected chi connectivity index (χ4v) is 2.55.